The van der Waals surface area contributed by atoms with Gasteiger partial charge in [0.1, 0.15) is 5.75 Å². The molecule has 0 spiro atoms. The Kier molecular flexibility index (Phi) is 6.52. The Morgan fingerprint density at radius 2 is 1.77 bits per heavy atom. The third kappa shape index (κ3) is 4.88. The zero-order valence-electron chi connectivity index (χ0n) is 17.3. The third-order valence-corrected chi connectivity index (χ3v) is 5.56. The monoisotopic (exact) mass is 435 g/mol. The first-order valence-corrected chi connectivity index (χ1v) is 10.8. The van der Waals surface area contributed by atoms with Crippen molar-refractivity contribution in [1.29, 1.82) is 0 Å². The van der Waals surface area contributed by atoms with Crippen molar-refractivity contribution < 1.29 is 13.9 Å². The lowest BCUT2D eigenvalue weighted by Crippen LogP contribution is -2.04. The number of rotatable bonds is 8. The second-order valence-electron chi connectivity index (χ2n) is 6.84. The molecule has 0 atom stereocenters. The summed E-state index contributed by atoms with van der Waals surface area (Å²) in [4.78, 5) is 0. The zero-order chi connectivity index (χ0) is 21.6. The molecule has 0 N–H and O–H groups in total. The number of methoxy groups -OCH3 is 1. The van der Waals surface area contributed by atoms with Gasteiger partial charge in [-0.1, -0.05) is 53.7 Å². The predicted octanol–water partition coefficient (Wildman–Crippen LogP) is 5.56. The number of thioether (sulfide) groups is 1. The van der Waals surface area contributed by atoms with Crippen LogP contribution in [-0.4, -0.2) is 34.2 Å². The molecule has 0 fully saturated rings. The zero-order valence-corrected chi connectivity index (χ0v) is 18.1. The van der Waals surface area contributed by atoms with Crippen LogP contribution in [-0.2, 0) is 0 Å². The van der Waals surface area contributed by atoms with E-state index in [1.165, 1.54) is 23.4 Å². The smallest absolute Gasteiger partial charge is 0.196 e. The van der Waals surface area contributed by atoms with E-state index in [0.717, 1.165) is 28.0 Å². The molecule has 31 heavy (non-hydrogen) atoms. The van der Waals surface area contributed by atoms with Crippen LogP contribution in [0.2, 0.25) is 0 Å². The van der Waals surface area contributed by atoms with Crippen molar-refractivity contribution in [3.63, 3.8) is 0 Å². The van der Waals surface area contributed by atoms with Gasteiger partial charge in [-0.15, -0.1) is 10.2 Å². The van der Waals surface area contributed by atoms with Crippen LogP contribution in [0.15, 0.2) is 78.0 Å². The van der Waals surface area contributed by atoms with Crippen molar-refractivity contribution in [1.82, 2.24) is 14.8 Å². The molecule has 0 amide bonds. The van der Waals surface area contributed by atoms with Crippen LogP contribution in [0, 0.1) is 12.7 Å². The molecular formula is C24H22FN3O2S. The maximum absolute atomic E-state index is 13.7. The van der Waals surface area contributed by atoms with E-state index in [2.05, 4.69) is 29.3 Å². The minimum absolute atomic E-state index is 0.250. The van der Waals surface area contributed by atoms with Crippen LogP contribution >= 0.6 is 11.8 Å². The molecule has 4 aromatic rings. The lowest BCUT2D eigenvalue weighted by Gasteiger charge is -2.12. The number of ether oxygens (including phenoxy) is 2. The van der Waals surface area contributed by atoms with E-state index in [1.807, 2.05) is 41.0 Å². The molecule has 0 radical (unpaired) electrons. The highest BCUT2D eigenvalue weighted by Gasteiger charge is 2.17. The molecule has 0 aliphatic heterocycles. The van der Waals surface area contributed by atoms with Gasteiger partial charge in [-0.2, -0.15) is 0 Å². The van der Waals surface area contributed by atoms with Crippen molar-refractivity contribution >= 4 is 11.8 Å². The van der Waals surface area contributed by atoms with E-state index in [0.29, 0.717) is 12.4 Å². The van der Waals surface area contributed by atoms with E-state index in [-0.39, 0.29) is 11.6 Å². The number of aromatic nitrogens is 3. The van der Waals surface area contributed by atoms with Crippen molar-refractivity contribution in [3.05, 3.63) is 84.2 Å². The van der Waals surface area contributed by atoms with Crippen LogP contribution in [0.3, 0.4) is 0 Å². The molecule has 0 unspecified atom stereocenters. The minimum atomic E-state index is -0.365. The normalized spacial score (nSPS) is 10.8. The van der Waals surface area contributed by atoms with E-state index in [9.17, 15) is 4.39 Å². The Bertz CT molecular complexity index is 1160. The number of nitrogens with zero attached hydrogens (tertiary/aromatic N) is 3. The number of hydrogen-bond donors (Lipinski definition) is 0. The van der Waals surface area contributed by atoms with Crippen molar-refractivity contribution in [2.45, 2.75) is 12.1 Å². The fourth-order valence-corrected chi connectivity index (χ4v) is 3.85. The van der Waals surface area contributed by atoms with Crippen molar-refractivity contribution in [3.8, 4) is 28.6 Å². The van der Waals surface area contributed by atoms with Gasteiger partial charge in [0.25, 0.3) is 0 Å². The summed E-state index contributed by atoms with van der Waals surface area (Å²) >= 11 is 1.51. The first-order chi connectivity index (χ1) is 15.2. The summed E-state index contributed by atoms with van der Waals surface area (Å²) in [7, 11) is 1.64. The quantitative estimate of drug-likeness (QED) is 0.268. The number of halogens is 1. The Morgan fingerprint density at radius 1 is 0.968 bits per heavy atom. The van der Waals surface area contributed by atoms with Gasteiger partial charge in [0, 0.05) is 17.0 Å². The highest BCUT2D eigenvalue weighted by Crippen LogP contribution is 2.30. The van der Waals surface area contributed by atoms with Crippen molar-refractivity contribution in [2.24, 2.45) is 0 Å². The second-order valence-corrected chi connectivity index (χ2v) is 7.90. The maximum Gasteiger partial charge on any atom is 0.196 e. The molecular weight excluding hydrogens is 413 g/mol. The molecule has 158 valence electrons. The summed E-state index contributed by atoms with van der Waals surface area (Å²) in [5.74, 6) is 1.95. The maximum atomic E-state index is 13.7. The SMILES string of the molecule is COc1cccc(-c2nnc(SCCOc3ccccc3F)n2-c2ccc(C)cc2)c1. The van der Waals surface area contributed by atoms with Gasteiger partial charge in [0.15, 0.2) is 22.5 Å². The van der Waals surface area contributed by atoms with E-state index < -0.39 is 0 Å². The van der Waals surface area contributed by atoms with Gasteiger partial charge in [0.05, 0.1) is 13.7 Å². The molecule has 1 heterocycles. The van der Waals surface area contributed by atoms with E-state index >= 15 is 0 Å². The highest BCUT2D eigenvalue weighted by molar-refractivity contribution is 7.99. The minimum Gasteiger partial charge on any atom is -0.497 e. The van der Waals surface area contributed by atoms with Crippen LogP contribution in [0.4, 0.5) is 4.39 Å². The van der Waals surface area contributed by atoms with Crippen LogP contribution in [0.25, 0.3) is 17.1 Å². The van der Waals surface area contributed by atoms with E-state index in [4.69, 9.17) is 9.47 Å². The highest BCUT2D eigenvalue weighted by atomic mass is 32.2. The second kappa shape index (κ2) is 9.66. The summed E-state index contributed by atoms with van der Waals surface area (Å²) in [5.41, 5.74) is 3.04. The molecule has 0 saturated carbocycles. The van der Waals surface area contributed by atoms with Crippen LogP contribution in [0.5, 0.6) is 11.5 Å². The lowest BCUT2D eigenvalue weighted by molar-refractivity contribution is 0.325. The van der Waals surface area contributed by atoms with Crippen molar-refractivity contribution in [2.75, 3.05) is 19.5 Å². The van der Waals surface area contributed by atoms with Gasteiger partial charge in [-0.25, -0.2) is 4.39 Å². The molecule has 0 saturated heterocycles. The number of aryl methyl sites for hydroxylation is 1. The Balaban J connectivity index is 1.59. The lowest BCUT2D eigenvalue weighted by atomic mass is 10.2. The fraction of sp³-hybridized carbons (Fsp3) is 0.167. The molecule has 5 nitrogen and oxygen atoms in total. The largest absolute Gasteiger partial charge is 0.497 e. The fourth-order valence-electron chi connectivity index (χ4n) is 3.09. The Labute approximate surface area is 184 Å². The molecule has 3 aromatic carbocycles. The van der Waals surface area contributed by atoms with Gasteiger partial charge in [0.2, 0.25) is 0 Å². The Morgan fingerprint density at radius 3 is 2.55 bits per heavy atom. The van der Waals surface area contributed by atoms with Gasteiger partial charge in [-0.3, -0.25) is 4.57 Å². The summed E-state index contributed by atoms with van der Waals surface area (Å²) in [6.45, 7) is 2.40. The molecule has 1 aromatic heterocycles. The summed E-state index contributed by atoms with van der Waals surface area (Å²) in [6, 6.07) is 22.3. The van der Waals surface area contributed by atoms with Gasteiger partial charge < -0.3 is 9.47 Å². The molecule has 7 heteroatoms. The topological polar surface area (TPSA) is 49.2 Å². The standard InChI is InChI=1S/C24H22FN3O2S/c1-17-10-12-19(13-11-17)28-23(18-6-5-7-20(16-18)29-2)26-27-24(28)31-15-14-30-22-9-4-3-8-21(22)25/h3-13,16H,14-15H2,1-2H3. The number of para-hydroxylation sites is 1. The molecule has 0 aliphatic rings. The summed E-state index contributed by atoms with van der Waals surface area (Å²) in [6.07, 6.45) is 0. The molecule has 0 aliphatic carbocycles. The van der Waals surface area contributed by atoms with Gasteiger partial charge in [-0.05, 0) is 43.3 Å². The Hall–Kier alpha value is -3.32. The average molecular weight is 436 g/mol. The third-order valence-electron chi connectivity index (χ3n) is 4.66. The van der Waals surface area contributed by atoms with Crippen LogP contribution in [0.1, 0.15) is 5.56 Å². The number of hydrogen-bond acceptors (Lipinski definition) is 5. The van der Waals surface area contributed by atoms with Gasteiger partial charge >= 0.3 is 0 Å². The summed E-state index contributed by atoms with van der Waals surface area (Å²) in [5, 5.41) is 9.60. The van der Waals surface area contributed by atoms with E-state index in [1.54, 1.807) is 25.3 Å². The van der Waals surface area contributed by atoms with Crippen LogP contribution < -0.4 is 9.47 Å². The first-order valence-electron chi connectivity index (χ1n) is 9.83. The average Bonchev–Trinajstić information content (AvgIpc) is 3.22. The number of benzene rings is 3. The first kappa shape index (κ1) is 20.9. The predicted molar refractivity (Wildman–Crippen MR) is 121 cm³/mol. The molecule has 4 rings (SSSR count). The summed E-state index contributed by atoms with van der Waals surface area (Å²) < 4.78 is 26.7. The molecule has 0 bridgehead atoms.